The number of nitrogens with zero attached hydrogens (tertiary/aromatic N) is 1. The van der Waals surface area contributed by atoms with Gasteiger partial charge in [0.25, 0.3) is 0 Å². The highest BCUT2D eigenvalue weighted by atomic mass is 16.2. The Hall–Kier alpha value is -1.39. The molecular weight excluding hydrogens is 226 g/mol. The molecule has 4 nitrogen and oxygen atoms in total. The maximum atomic E-state index is 11.7. The second-order valence-corrected chi connectivity index (χ2v) is 5.56. The third-order valence-corrected chi connectivity index (χ3v) is 3.55. The molecule has 2 rings (SSSR count). The normalized spacial score (nSPS) is 16.9. The highest BCUT2D eigenvalue weighted by molar-refractivity contribution is 6.00. The summed E-state index contributed by atoms with van der Waals surface area (Å²) < 4.78 is 0. The van der Waals surface area contributed by atoms with Gasteiger partial charge < -0.3 is 16.0 Å². The van der Waals surface area contributed by atoms with Crippen molar-refractivity contribution in [1.82, 2.24) is 5.32 Å². The molecule has 1 aliphatic heterocycles. The van der Waals surface area contributed by atoms with E-state index in [1.807, 2.05) is 40.1 Å². The molecule has 1 aromatic rings. The fourth-order valence-electron chi connectivity index (χ4n) is 2.64. The number of hydrogen-bond donors (Lipinski definition) is 2. The first-order valence-corrected chi connectivity index (χ1v) is 6.20. The third-order valence-electron chi connectivity index (χ3n) is 3.55. The predicted molar refractivity (Wildman–Crippen MR) is 73.6 cm³/mol. The van der Waals surface area contributed by atoms with Crippen molar-refractivity contribution >= 4 is 11.6 Å². The van der Waals surface area contributed by atoms with E-state index in [1.54, 1.807) is 4.90 Å². The number of nitrogens with one attached hydrogen (secondary N) is 1. The van der Waals surface area contributed by atoms with Crippen LogP contribution in [0.3, 0.4) is 0 Å². The molecule has 0 fully saturated rings. The molecule has 0 radical (unpaired) electrons. The van der Waals surface area contributed by atoms with Crippen LogP contribution in [0.15, 0.2) is 18.2 Å². The molecule has 0 aromatic heterocycles. The molecule has 1 amide bonds. The van der Waals surface area contributed by atoms with Gasteiger partial charge in [0.1, 0.15) is 0 Å². The van der Waals surface area contributed by atoms with Crippen LogP contribution in [0.5, 0.6) is 0 Å². The van der Waals surface area contributed by atoms with Crippen LogP contribution in [0.25, 0.3) is 0 Å². The first-order valence-electron chi connectivity index (χ1n) is 6.20. The van der Waals surface area contributed by atoms with Gasteiger partial charge in [-0.1, -0.05) is 12.1 Å². The summed E-state index contributed by atoms with van der Waals surface area (Å²) in [6.45, 7) is 4.00. The standard InChI is InChI=1S/C14H21N3O/c1-14(2,15)13(16-3)9-5-6-11-10(7-9)8-12(18)17(11)4/h5-7,13,16H,8,15H2,1-4H3. The Balaban J connectivity index is 2.39. The van der Waals surface area contributed by atoms with Crippen LogP contribution < -0.4 is 16.0 Å². The lowest BCUT2D eigenvalue weighted by molar-refractivity contribution is -0.117. The van der Waals surface area contributed by atoms with E-state index in [4.69, 9.17) is 5.73 Å². The van der Waals surface area contributed by atoms with Gasteiger partial charge in [0.2, 0.25) is 5.91 Å². The highest BCUT2D eigenvalue weighted by Gasteiger charge is 2.29. The summed E-state index contributed by atoms with van der Waals surface area (Å²) in [4.78, 5) is 13.4. The van der Waals surface area contributed by atoms with Gasteiger partial charge in [-0.15, -0.1) is 0 Å². The number of hydrogen-bond acceptors (Lipinski definition) is 3. The first-order chi connectivity index (χ1) is 8.34. The monoisotopic (exact) mass is 247 g/mol. The van der Waals surface area contributed by atoms with E-state index in [0.29, 0.717) is 6.42 Å². The maximum Gasteiger partial charge on any atom is 0.231 e. The molecule has 98 valence electrons. The summed E-state index contributed by atoms with van der Waals surface area (Å²) >= 11 is 0. The minimum Gasteiger partial charge on any atom is -0.324 e. The number of carbonyl (C=O) groups excluding carboxylic acids is 1. The van der Waals surface area contributed by atoms with Crippen molar-refractivity contribution in [2.24, 2.45) is 5.73 Å². The Morgan fingerprint density at radius 1 is 1.44 bits per heavy atom. The quantitative estimate of drug-likeness (QED) is 0.844. The molecule has 0 spiro atoms. The summed E-state index contributed by atoms with van der Waals surface area (Å²) in [7, 11) is 3.72. The molecule has 0 bridgehead atoms. The van der Waals surface area contributed by atoms with Crippen molar-refractivity contribution in [3.8, 4) is 0 Å². The zero-order valence-electron chi connectivity index (χ0n) is 11.4. The summed E-state index contributed by atoms with van der Waals surface area (Å²) in [5.74, 6) is 0.148. The largest absolute Gasteiger partial charge is 0.324 e. The van der Waals surface area contributed by atoms with Crippen molar-refractivity contribution in [2.75, 3.05) is 19.0 Å². The van der Waals surface area contributed by atoms with E-state index in [2.05, 4.69) is 11.4 Å². The van der Waals surface area contributed by atoms with Crippen molar-refractivity contribution in [3.05, 3.63) is 29.3 Å². The highest BCUT2D eigenvalue weighted by Crippen LogP contribution is 2.32. The van der Waals surface area contributed by atoms with Gasteiger partial charge >= 0.3 is 0 Å². The lowest BCUT2D eigenvalue weighted by atomic mass is 9.88. The number of likely N-dealkylation sites (N-methyl/N-ethyl adjacent to an activating group) is 2. The van der Waals surface area contributed by atoms with E-state index in [-0.39, 0.29) is 17.5 Å². The van der Waals surface area contributed by atoms with Gasteiger partial charge in [0, 0.05) is 24.3 Å². The van der Waals surface area contributed by atoms with Gasteiger partial charge in [-0.2, -0.15) is 0 Å². The van der Waals surface area contributed by atoms with Gasteiger partial charge in [0.15, 0.2) is 0 Å². The van der Waals surface area contributed by atoms with Crippen LogP contribution in [-0.2, 0) is 11.2 Å². The summed E-state index contributed by atoms with van der Waals surface area (Å²) in [6, 6.07) is 6.21. The Labute approximate surface area is 108 Å². The number of fused-ring (bicyclic) bond motifs is 1. The fraction of sp³-hybridized carbons (Fsp3) is 0.500. The molecule has 0 aliphatic carbocycles. The Morgan fingerprint density at radius 3 is 2.67 bits per heavy atom. The van der Waals surface area contributed by atoms with Crippen LogP contribution in [0.2, 0.25) is 0 Å². The van der Waals surface area contributed by atoms with E-state index in [0.717, 1.165) is 16.8 Å². The molecule has 4 heteroatoms. The average molecular weight is 247 g/mol. The van der Waals surface area contributed by atoms with Crippen molar-refractivity contribution < 1.29 is 4.79 Å². The van der Waals surface area contributed by atoms with Gasteiger partial charge in [-0.05, 0) is 38.1 Å². The van der Waals surface area contributed by atoms with Gasteiger partial charge in [-0.3, -0.25) is 4.79 Å². The predicted octanol–water partition coefficient (Wildman–Crippen LogP) is 1.20. The van der Waals surface area contributed by atoms with Crippen molar-refractivity contribution in [3.63, 3.8) is 0 Å². The van der Waals surface area contributed by atoms with Crippen LogP contribution in [0.1, 0.15) is 31.0 Å². The van der Waals surface area contributed by atoms with Crippen LogP contribution in [-0.4, -0.2) is 25.5 Å². The number of carbonyl (C=O) groups is 1. The van der Waals surface area contributed by atoms with Crippen molar-refractivity contribution in [2.45, 2.75) is 31.8 Å². The summed E-state index contributed by atoms with van der Waals surface area (Å²) in [6.07, 6.45) is 0.487. The third kappa shape index (κ3) is 2.13. The average Bonchev–Trinajstić information content (AvgIpc) is 2.53. The molecule has 18 heavy (non-hydrogen) atoms. The number of nitrogens with two attached hydrogens (primary N) is 1. The topological polar surface area (TPSA) is 58.4 Å². The Bertz CT molecular complexity index is 476. The van der Waals surface area contributed by atoms with E-state index in [9.17, 15) is 4.79 Å². The second kappa shape index (κ2) is 4.37. The number of rotatable bonds is 3. The molecule has 1 heterocycles. The fourth-order valence-corrected chi connectivity index (χ4v) is 2.64. The van der Waals surface area contributed by atoms with E-state index < -0.39 is 0 Å². The lowest BCUT2D eigenvalue weighted by Gasteiger charge is -2.31. The Kier molecular flexibility index (Phi) is 3.17. The molecule has 1 aliphatic rings. The number of anilines is 1. The summed E-state index contributed by atoms with van der Waals surface area (Å²) in [5, 5.41) is 3.25. The van der Waals surface area contributed by atoms with E-state index in [1.165, 1.54) is 0 Å². The molecule has 1 aromatic carbocycles. The zero-order valence-corrected chi connectivity index (χ0v) is 11.4. The number of amides is 1. The molecule has 1 unspecified atom stereocenters. The smallest absolute Gasteiger partial charge is 0.231 e. The maximum absolute atomic E-state index is 11.7. The Morgan fingerprint density at radius 2 is 2.11 bits per heavy atom. The first kappa shape index (κ1) is 13.1. The minimum atomic E-state index is -0.350. The van der Waals surface area contributed by atoms with Gasteiger partial charge in [-0.25, -0.2) is 0 Å². The molecule has 3 N–H and O–H groups in total. The second-order valence-electron chi connectivity index (χ2n) is 5.56. The summed E-state index contributed by atoms with van der Waals surface area (Å²) in [5.41, 5.74) is 9.06. The number of benzene rings is 1. The SMILES string of the molecule is CNC(c1ccc2c(c1)CC(=O)N2C)C(C)(C)N. The minimum absolute atomic E-state index is 0.0730. The van der Waals surface area contributed by atoms with E-state index >= 15 is 0 Å². The molecular formula is C14H21N3O. The zero-order chi connectivity index (χ0) is 13.5. The van der Waals surface area contributed by atoms with Crippen LogP contribution in [0, 0.1) is 0 Å². The van der Waals surface area contributed by atoms with Crippen LogP contribution in [0.4, 0.5) is 5.69 Å². The molecule has 1 atom stereocenters. The van der Waals surface area contributed by atoms with Crippen molar-refractivity contribution in [1.29, 1.82) is 0 Å². The lowest BCUT2D eigenvalue weighted by Crippen LogP contribution is -2.45. The molecule has 0 saturated heterocycles. The van der Waals surface area contributed by atoms with Crippen LogP contribution >= 0.6 is 0 Å². The van der Waals surface area contributed by atoms with Gasteiger partial charge in [0.05, 0.1) is 6.42 Å². The molecule has 0 saturated carbocycles.